The second kappa shape index (κ2) is 6.12. The van der Waals surface area contributed by atoms with Gasteiger partial charge in [-0.15, -0.1) is 0 Å². The summed E-state index contributed by atoms with van der Waals surface area (Å²) in [6.45, 7) is 10.2. The Morgan fingerprint density at radius 2 is 1.81 bits per heavy atom. The van der Waals surface area contributed by atoms with Gasteiger partial charge in [-0.25, -0.2) is 0 Å². The van der Waals surface area contributed by atoms with Crippen LogP contribution >= 0.6 is 0 Å². The van der Waals surface area contributed by atoms with E-state index in [2.05, 4.69) is 45.1 Å². The summed E-state index contributed by atoms with van der Waals surface area (Å²) >= 11 is 0. The Hall–Kier alpha value is -0.820. The van der Waals surface area contributed by atoms with Crippen molar-refractivity contribution >= 4 is 0 Å². The molecule has 0 spiro atoms. The minimum atomic E-state index is 0.583. The second-order valence-corrected chi connectivity index (χ2v) is 7.56. The van der Waals surface area contributed by atoms with E-state index >= 15 is 0 Å². The molecule has 1 aromatic rings. The van der Waals surface area contributed by atoms with Gasteiger partial charge >= 0.3 is 0 Å². The molecular weight excluding hydrogens is 254 g/mol. The van der Waals surface area contributed by atoms with Crippen molar-refractivity contribution in [1.82, 2.24) is 5.32 Å². The SMILES string of the molecule is CCCNC(c1cc(C)c(C)cc1C)C1CC2CCC1C2. The number of aryl methyl sites for hydroxylation is 3. The first-order valence-corrected chi connectivity index (χ1v) is 8.91. The van der Waals surface area contributed by atoms with Crippen LogP contribution in [0, 0.1) is 38.5 Å². The molecule has 0 saturated heterocycles. The predicted octanol–water partition coefficient (Wildman–Crippen LogP) is 5.09. The van der Waals surface area contributed by atoms with E-state index in [1.807, 2.05) is 0 Å². The van der Waals surface area contributed by atoms with Gasteiger partial charge in [-0.3, -0.25) is 0 Å². The van der Waals surface area contributed by atoms with Crippen LogP contribution in [0.4, 0.5) is 0 Å². The molecule has 0 heterocycles. The fraction of sp³-hybridized carbons (Fsp3) is 0.700. The maximum Gasteiger partial charge on any atom is 0.0354 e. The van der Waals surface area contributed by atoms with E-state index in [1.54, 1.807) is 5.56 Å². The van der Waals surface area contributed by atoms with Gasteiger partial charge in [-0.05, 0) is 93.0 Å². The van der Waals surface area contributed by atoms with Crippen molar-refractivity contribution in [1.29, 1.82) is 0 Å². The van der Waals surface area contributed by atoms with Crippen LogP contribution in [-0.2, 0) is 0 Å². The molecule has 2 bridgehead atoms. The molecule has 2 aliphatic carbocycles. The van der Waals surface area contributed by atoms with Crippen LogP contribution in [0.5, 0.6) is 0 Å². The minimum absolute atomic E-state index is 0.583. The second-order valence-electron chi connectivity index (χ2n) is 7.56. The molecule has 0 amide bonds. The Morgan fingerprint density at radius 1 is 1.05 bits per heavy atom. The molecule has 2 aliphatic rings. The smallest absolute Gasteiger partial charge is 0.0354 e. The van der Waals surface area contributed by atoms with Crippen LogP contribution in [0.15, 0.2) is 12.1 Å². The zero-order valence-corrected chi connectivity index (χ0v) is 14.2. The van der Waals surface area contributed by atoms with Gasteiger partial charge in [0.15, 0.2) is 0 Å². The van der Waals surface area contributed by atoms with Crippen LogP contribution in [0.2, 0.25) is 0 Å². The molecule has 0 aromatic heterocycles. The normalized spacial score (nSPS) is 29.0. The summed E-state index contributed by atoms with van der Waals surface area (Å²) in [5.74, 6) is 2.87. The quantitative estimate of drug-likeness (QED) is 0.794. The number of hydrogen-bond donors (Lipinski definition) is 1. The summed E-state index contributed by atoms with van der Waals surface area (Å²) in [6.07, 6.45) is 7.15. The van der Waals surface area contributed by atoms with E-state index in [1.165, 1.54) is 48.8 Å². The Balaban J connectivity index is 1.90. The maximum atomic E-state index is 3.90. The molecule has 1 N–H and O–H groups in total. The van der Waals surface area contributed by atoms with E-state index in [0.717, 1.165) is 24.3 Å². The van der Waals surface area contributed by atoms with Crippen molar-refractivity contribution in [3.8, 4) is 0 Å². The molecule has 116 valence electrons. The molecular formula is C20H31N. The Bertz CT molecular complexity index is 505. The number of rotatable bonds is 5. The van der Waals surface area contributed by atoms with Crippen LogP contribution < -0.4 is 5.32 Å². The highest BCUT2D eigenvalue weighted by atomic mass is 14.9. The fourth-order valence-corrected chi connectivity index (χ4v) is 4.81. The highest BCUT2D eigenvalue weighted by molar-refractivity contribution is 5.38. The van der Waals surface area contributed by atoms with Crippen molar-refractivity contribution in [2.75, 3.05) is 6.54 Å². The Morgan fingerprint density at radius 3 is 2.43 bits per heavy atom. The molecule has 0 aliphatic heterocycles. The maximum absolute atomic E-state index is 3.90. The zero-order valence-electron chi connectivity index (χ0n) is 14.2. The summed E-state index contributed by atoms with van der Waals surface area (Å²) in [6, 6.07) is 5.43. The van der Waals surface area contributed by atoms with Crippen molar-refractivity contribution in [2.45, 2.75) is 65.8 Å². The molecule has 2 fully saturated rings. The number of hydrogen-bond acceptors (Lipinski definition) is 1. The highest BCUT2D eigenvalue weighted by Gasteiger charge is 2.43. The third-order valence-corrected chi connectivity index (χ3v) is 6.05. The van der Waals surface area contributed by atoms with Crippen LogP contribution in [-0.4, -0.2) is 6.54 Å². The van der Waals surface area contributed by atoms with Gasteiger partial charge in [-0.2, -0.15) is 0 Å². The summed E-state index contributed by atoms with van der Waals surface area (Å²) < 4.78 is 0. The monoisotopic (exact) mass is 285 g/mol. The molecule has 2 saturated carbocycles. The van der Waals surface area contributed by atoms with Gasteiger partial charge in [-0.1, -0.05) is 25.5 Å². The average Bonchev–Trinajstić information content (AvgIpc) is 3.07. The van der Waals surface area contributed by atoms with Crippen LogP contribution in [0.1, 0.15) is 67.3 Å². The lowest BCUT2D eigenvalue weighted by atomic mass is 9.78. The molecule has 21 heavy (non-hydrogen) atoms. The average molecular weight is 285 g/mol. The van der Waals surface area contributed by atoms with Gasteiger partial charge in [0.1, 0.15) is 0 Å². The third kappa shape index (κ3) is 2.90. The summed E-state index contributed by atoms with van der Waals surface area (Å²) in [4.78, 5) is 0. The van der Waals surface area contributed by atoms with Gasteiger partial charge in [0, 0.05) is 6.04 Å². The standard InChI is InChI=1S/C20H31N/c1-5-8-21-20(19-12-16-6-7-17(19)11-16)18-10-14(3)13(2)9-15(18)4/h9-10,16-17,19-21H,5-8,11-12H2,1-4H3. The summed E-state index contributed by atoms with van der Waals surface area (Å²) in [7, 11) is 0. The molecule has 3 rings (SSSR count). The fourth-order valence-electron chi connectivity index (χ4n) is 4.81. The van der Waals surface area contributed by atoms with E-state index in [0.29, 0.717) is 6.04 Å². The number of benzene rings is 1. The van der Waals surface area contributed by atoms with Gasteiger partial charge < -0.3 is 5.32 Å². The van der Waals surface area contributed by atoms with Crippen molar-refractivity contribution in [3.63, 3.8) is 0 Å². The Kier molecular flexibility index (Phi) is 4.40. The van der Waals surface area contributed by atoms with E-state index < -0.39 is 0 Å². The first-order valence-electron chi connectivity index (χ1n) is 8.91. The topological polar surface area (TPSA) is 12.0 Å². The molecule has 0 radical (unpaired) electrons. The lowest BCUT2D eigenvalue weighted by Crippen LogP contribution is -2.32. The van der Waals surface area contributed by atoms with E-state index in [-0.39, 0.29) is 0 Å². The van der Waals surface area contributed by atoms with E-state index in [9.17, 15) is 0 Å². The summed E-state index contributed by atoms with van der Waals surface area (Å²) in [5.41, 5.74) is 5.93. The van der Waals surface area contributed by atoms with Crippen LogP contribution in [0.3, 0.4) is 0 Å². The third-order valence-electron chi connectivity index (χ3n) is 6.05. The van der Waals surface area contributed by atoms with Crippen molar-refractivity contribution < 1.29 is 0 Å². The number of nitrogens with one attached hydrogen (secondary N) is 1. The largest absolute Gasteiger partial charge is 0.310 e. The Labute approximate surface area is 130 Å². The molecule has 4 atom stereocenters. The first kappa shape index (κ1) is 15.1. The van der Waals surface area contributed by atoms with Crippen LogP contribution in [0.25, 0.3) is 0 Å². The van der Waals surface area contributed by atoms with Gasteiger partial charge in [0.2, 0.25) is 0 Å². The molecule has 1 nitrogen and oxygen atoms in total. The van der Waals surface area contributed by atoms with Crippen molar-refractivity contribution in [2.24, 2.45) is 17.8 Å². The van der Waals surface area contributed by atoms with Gasteiger partial charge in [0.25, 0.3) is 0 Å². The number of fused-ring (bicyclic) bond motifs is 2. The minimum Gasteiger partial charge on any atom is -0.310 e. The molecule has 1 aromatic carbocycles. The lowest BCUT2D eigenvalue weighted by molar-refractivity contribution is 0.250. The van der Waals surface area contributed by atoms with Crippen molar-refractivity contribution in [3.05, 3.63) is 34.4 Å². The summed E-state index contributed by atoms with van der Waals surface area (Å²) in [5, 5.41) is 3.90. The molecule has 4 unspecified atom stereocenters. The lowest BCUT2D eigenvalue weighted by Gasteiger charge is -2.33. The highest BCUT2D eigenvalue weighted by Crippen LogP contribution is 2.52. The van der Waals surface area contributed by atoms with Gasteiger partial charge in [0.05, 0.1) is 0 Å². The zero-order chi connectivity index (χ0) is 15.0. The molecule has 1 heteroatoms. The van der Waals surface area contributed by atoms with E-state index in [4.69, 9.17) is 0 Å². The first-order chi connectivity index (χ1) is 10.1. The predicted molar refractivity (Wildman–Crippen MR) is 90.6 cm³/mol.